The molecule has 2 atom stereocenters. The zero-order valence-corrected chi connectivity index (χ0v) is 12.8. The Kier molecular flexibility index (Phi) is 4.56. The maximum Gasteiger partial charge on any atom is 0.241 e. The van der Waals surface area contributed by atoms with E-state index >= 15 is 0 Å². The number of nitrogens with one attached hydrogen (secondary N) is 1. The number of likely N-dealkylation sites (tertiary alicyclic amines) is 1. The zero-order valence-electron chi connectivity index (χ0n) is 12.8. The topological polar surface area (TPSA) is 35.6 Å². The highest BCUT2D eigenvalue weighted by atomic mass is 16.2. The summed E-state index contributed by atoms with van der Waals surface area (Å²) < 4.78 is 0. The second-order valence-electron chi connectivity index (χ2n) is 6.21. The van der Waals surface area contributed by atoms with Crippen molar-refractivity contribution in [2.45, 2.75) is 25.8 Å². The highest BCUT2D eigenvalue weighted by molar-refractivity contribution is 5.84. The fourth-order valence-electron chi connectivity index (χ4n) is 3.43. The van der Waals surface area contributed by atoms with Crippen LogP contribution in [0.3, 0.4) is 0 Å². The highest BCUT2D eigenvalue weighted by Gasteiger charge is 2.33. The van der Waals surface area contributed by atoms with Gasteiger partial charge in [-0.15, -0.1) is 0 Å². The second kappa shape index (κ2) is 6.58. The Morgan fingerprint density at radius 3 is 2.81 bits per heavy atom. The number of benzene rings is 1. The van der Waals surface area contributed by atoms with Gasteiger partial charge in [-0.2, -0.15) is 0 Å². The summed E-state index contributed by atoms with van der Waals surface area (Å²) in [4.78, 5) is 17.0. The molecule has 1 amide bonds. The van der Waals surface area contributed by atoms with E-state index < -0.39 is 0 Å². The van der Waals surface area contributed by atoms with Gasteiger partial charge < -0.3 is 9.80 Å². The molecule has 1 aromatic rings. The van der Waals surface area contributed by atoms with Gasteiger partial charge in [0.25, 0.3) is 0 Å². The molecule has 0 aromatic heterocycles. The molecule has 0 radical (unpaired) electrons. The molecular weight excluding hydrogens is 262 g/mol. The average Bonchev–Trinajstić information content (AvgIpc) is 3.10. The molecule has 3 rings (SSSR count). The van der Waals surface area contributed by atoms with E-state index in [-0.39, 0.29) is 11.9 Å². The fraction of sp³-hybridized carbons (Fsp3) is 0.588. The second-order valence-corrected chi connectivity index (χ2v) is 6.21. The van der Waals surface area contributed by atoms with Gasteiger partial charge in [0.1, 0.15) is 0 Å². The van der Waals surface area contributed by atoms with Crippen molar-refractivity contribution >= 4 is 5.91 Å². The molecule has 0 bridgehead atoms. The quantitative estimate of drug-likeness (QED) is 0.887. The smallest absolute Gasteiger partial charge is 0.241 e. The number of carbonyl (C=O) groups excluding carboxylic acids is 1. The molecule has 0 saturated carbocycles. The lowest BCUT2D eigenvalue weighted by Gasteiger charge is -2.20. The Hall–Kier alpha value is -1.39. The third-order valence-electron chi connectivity index (χ3n) is 4.72. The summed E-state index contributed by atoms with van der Waals surface area (Å²) >= 11 is 0. The van der Waals surface area contributed by atoms with Crippen LogP contribution in [0.5, 0.6) is 0 Å². The van der Waals surface area contributed by atoms with Crippen LogP contribution in [-0.2, 0) is 11.2 Å². The molecule has 2 saturated heterocycles. The van der Waals surface area contributed by atoms with E-state index in [0.29, 0.717) is 12.6 Å². The van der Waals surface area contributed by atoms with Crippen LogP contribution in [0.4, 0.5) is 0 Å². The van der Waals surface area contributed by atoms with Crippen molar-refractivity contribution in [3.63, 3.8) is 0 Å². The van der Waals surface area contributed by atoms with E-state index in [1.165, 1.54) is 18.5 Å². The van der Waals surface area contributed by atoms with Crippen LogP contribution in [0.1, 0.15) is 18.9 Å². The third kappa shape index (κ3) is 3.44. The molecule has 2 aliphatic heterocycles. The van der Waals surface area contributed by atoms with Crippen molar-refractivity contribution in [3.8, 4) is 0 Å². The molecule has 0 aliphatic carbocycles. The predicted molar refractivity (Wildman–Crippen MR) is 83.9 cm³/mol. The van der Waals surface area contributed by atoms with Crippen LogP contribution in [0, 0.1) is 5.92 Å². The first-order valence-electron chi connectivity index (χ1n) is 8.04. The lowest BCUT2D eigenvalue weighted by molar-refractivity contribution is -0.129. The van der Waals surface area contributed by atoms with E-state index in [1.54, 1.807) is 0 Å². The molecule has 2 unspecified atom stereocenters. The molecule has 1 aromatic carbocycles. The molecule has 114 valence electrons. The summed E-state index contributed by atoms with van der Waals surface area (Å²) in [6.45, 7) is 7.28. The van der Waals surface area contributed by atoms with Crippen LogP contribution in [0.25, 0.3) is 0 Å². The molecule has 0 spiro atoms. The lowest BCUT2D eigenvalue weighted by Crippen LogP contribution is -2.35. The van der Waals surface area contributed by atoms with Gasteiger partial charge in [-0.3, -0.25) is 10.1 Å². The normalized spacial score (nSPS) is 26.7. The molecule has 1 N–H and O–H groups in total. The maximum absolute atomic E-state index is 12.5. The molecule has 4 nitrogen and oxygen atoms in total. The Morgan fingerprint density at radius 1 is 1.29 bits per heavy atom. The number of hydrogen-bond acceptors (Lipinski definition) is 3. The van der Waals surface area contributed by atoms with E-state index in [0.717, 1.165) is 26.1 Å². The van der Waals surface area contributed by atoms with Crippen molar-refractivity contribution in [3.05, 3.63) is 35.9 Å². The van der Waals surface area contributed by atoms with Crippen molar-refractivity contribution in [1.29, 1.82) is 0 Å². The van der Waals surface area contributed by atoms with Crippen LogP contribution < -0.4 is 5.32 Å². The molecule has 2 fully saturated rings. The molecule has 2 aliphatic rings. The Morgan fingerprint density at radius 2 is 2.10 bits per heavy atom. The summed E-state index contributed by atoms with van der Waals surface area (Å²) in [5.74, 6) is 0.917. The van der Waals surface area contributed by atoms with Gasteiger partial charge in [0.2, 0.25) is 5.91 Å². The van der Waals surface area contributed by atoms with Gasteiger partial charge in [-0.1, -0.05) is 37.3 Å². The summed E-state index contributed by atoms with van der Waals surface area (Å²) in [6, 6.07) is 10.2. The van der Waals surface area contributed by atoms with Crippen LogP contribution >= 0.6 is 0 Å². The van der Waals surface area contributed by atoms with E-state index in [9.17, 15) is 4.79 Å². The first-order chi connectivity index (χ1) is 10.3. The van der Waals surface area contributed by atoms with Gasteiger partial charge in [-0.25, -0.2) is 0 Å². The van der Waals surface area contributed by atoms with Gasteiger partial charge >= 0.3 is 0 Å². The number of amides is 1. The van der Waals surface area contributed by atoms with Crippen LogP contribution in [0.2, 0.25) is 0 Å². The van der Waals surface area contributed by atoms with E-state index in [2.05, 4.69) is 29.3 Å². The number of carbonyl (C=O) groups is 1. The maximum atomic E-state index is 12.5. The predicted octanol–water partition coefficient (Wildman–Crippen LogP) is 1.33. The largest absolute Gasteiger partial charge is 0.328 e. The van der Waals surface area contributed by atoms with Crippen molar-refractivity contribution in [2.75, 3.05) is 32.8 Å². The Bertz CT molecular complexity index is 476. The number of nitrogens with zero attached hydrogens (tertiary/aromatic N) is 2. The van der Waals surface area contributed by atoms with Gasteiger partial charge in [0.15, 0.2) is 0 Å². The monoisotopic (exact) mass is 287 g/mol. The van der Waals surface area contributed by atoms with Crippen LogP contribution in [0.15, 0.2) is 30.3 Å². The standard InChI is InChI=1S/C17H25N3O/c1-2-19-9-8-15(11-19)12-20-13-18-16(17(20)21)10-14-6-4-3-5-7-14/h3-7,15-16,18H,2,8-13H2,1H3. The van der Waals surface area contributed by atoms with E-state index in [4.69, 9.17) is 0 Å². The molecule has 21 heavy (non-hydrogen) atoms. The lowest BCUT2D eigenvalue weighted by atomic mass is 10.1. The SMILES string of the molecule is CCN1CCC(CN2CNC(Cc3ccccc3)C2=O)C1. The molecular formula is C17H25N3O. The van der Waals surface area contributed by atoms with Crippen molar-refractivity contribution in [2.24, 2.45) is 5.92 Å². The number of hydrogen-bond donors (Lipinski definition) is 1. The average molecular weight is 287 g/mol. The molecule has 4 heteroatoms. The zero-order chi connectivity index (χ0) is 14.7. The summed E-state index contributed by atoms with van der Waals surface area (Å²) in [6.07, 6.45) is 2.02. The minimum atomic E-state index is -0.0453. The first-order valence-corrected chi connectivity index (χ1v) is 8.04. The fourth-order valence-corrected chi connectivity index (χ4v) is 3.43. The van der Waals surface area contributed by atoms with Gasteiger partial charge in [0.05, 0.1) is 12.7 Å². The third-order valence-corrected chi connectivity index (χ3v) is 4.72. The molecule has 2 heterocycles. The highest BCUT2D eigenvalue weighted by Crippen LogP contribution is 2.19. The number of rotatable bonds is 5. The summed E-state index contributed by atoms with van der Waals surface area (Å²) in [5, 5.41) is 3.37. The Balaban J connectivity index is 1.52. The van der Waals surface area contributed by atoms with Crippen molar-refractivity contribution in [1.82, 2.24) is 15.1 Å². The summed E-state index contributed by atoms with van der Waals surface area (Å²) in [7, 11) is 0. The van der Waals surface area contributed by atoms with Gasteiger partial charge in [-0.05, 0) is 37.4 Å². The van der Waals surface area contributed by atoms with Crippen LogP contribution in [-0.4, -0.2) is 54.6 Å². The summed E-state index contributed by atoms with van der Waals surface area (Å²) in [5.41, 5.74) is 1.23. The van der Waals surface area contributed by atoms with Gasteiger partial charge in [0, 0.05) is 13.1 Å². The Labute approximate surface area is 127 Å². The minimum absolute atomic E-state index is 0.0453. The van der Waals surface area contributed by atoms with Crippen molar-refractivity contribution < 1.29 is 4.79 Å². The van der Waals surface area contributed by atoms with E-state index in [1.807, 2.05) is 23.1 Å². The first kappa shape index (κ1) is 14.5. The minimum Gasteiger partial charge on any atom is -0.328 e.